The van der Waals surface area contributed by atoms with Gasteiger partial charge in [-0.15, -0.1) is 0 Å². The fourth-order valence-corrected chi connectivity index (χ4v) is 2.01. The number of hydrogen-bond acceptors (Lipinski definition) is 4. The average molecular weight is 293 g/mol. The molecule has 0 aliphatic heterocycles. The lowest BCUT2D eigenvalue weighted by molar-refractivity contribution is -0.161. The zero-order valence-corrected chi connectivity index (χ0v) is 12.7. The number of benzene rings is 1. The lowest BCUT2D eigenvalue weighted by atomic mass is 9.89. The summed E-state index contributed by atoms with van der Waals surface area (Å²) >= 11 is 0. The third kappa shape index (κ3) is 5.95. The van der Waals surface area contributed by atoms with E-state index in [4.69, 9.17) is 15.6 Å². The molecule has 21 heavy (non-hydrogen) atoms. The Hall–Kier alpha value is -1.88. The molecule has 116 valence electrons. The van der Waals surface area contributed by atoms with Gasteiger partial charge in [0.25, 0.3) is 0 Å². The van der Waals surface area contributed by atoms with Crippen LogP contribution in [-0.4, -0.2) is 22.6 Å². The molecule has 0 radical (unpaired) electrons. The highest BCUT2D eigenvalue weighted by molar-refractivity contribution is 5.75. The molecule has 1 rings (SSSR count). The molecule has 0 heterocycles. The summed E-state index contributed by atoms with van der Waals surface area (Å²) in [5.41, 5.74) is 6.31. The van der Waals surface area contributed by atoms with E-state index < -0.39 is 29.5 Å². The molecule has 0 aromatic heterocycles. The third-order valence-electron chi connectivity index (χ3n) is 3.00. The number of carboxylic acid groups (broad SMARTS) is 1. The number of ether oxygens (including phenoxy) is 1. The van der Waals surface area contributed by atoms with Crippen LogP contribution in [0.1, 0.15) is 45.2 Å². The summed E-state index contributed by atoms with van der Waals surface area (Å²) in [4.78, 5) is 23.1. The highest BCUT2D eigenvalue weighted by Gasteiger charge is 2.31. The van der Waals surface area contributed by atoms with Gasteiger partial charge in [-0.2, -0.15) is 0 Å². The van der Waals surface area contributed by atoms with Gasteiger partial charge in [0.05, 0.1) is 5.92 Å². The molecule has 0 spiro atoms. The van der Waals surface area contributed by atoms with Gasteiger partial charge in [-0.05, 0) is 32.8 Å². The molecule has 2 atom stereocenters. The second-order valence-corrected chi connectivity index (χ2v) is 6.01. The maximum atomic E-state index is 12.3. The van der Waals surface area contributed by atoms with Crippen LogP contribution in [-0.2, 0) is 14.3 Å². The Morgan fingerprint density at radius 2 is 1.81 bits per heavy atom. The standard InChI is InChI=1S/C16H23NO4/c1-16(2,3)21-15(20)12(9-10-13(18)19)14(17)11-7-5-4-6-8-11/h4-8,12,14H,9-10,17H2,1-3H3,(H,18,19). The van der Waals surface area contributed by atoms with E-state index in [1.165, 1.54) is 0 Å². The van der Waals surface area contributed by atoms with Crippen molar-refractivity contribution in [3.63, 3.8) is 0 Å². The lowest BCUT2D eigenvalue weighted by Gasteiger charge is -2.27. The number of aliphatic carboxylic acids is 1. The normalized spacial score (nSPS) is 14.3. The van der Waals surface area contributed by atoms with E-state index in [2.05, 4.69) is 0 Å². The molecule has 0 aliphatic carbocycles. The number of esters is 1. The van der Waals surface area contributed by atoms with E-state index in [9.17, 15) is 9.59 Å². The minimum atomic E-state index is -0.955. The Balaban J connectivity index is 2.90. The van der Waals surface area contributed by atoms with Gasteiger partial charge in [0.1, 0.15) is 5.60 Å². The Bertz CT molecular complexity index is 479. The van der Waals surface area contributed by atoms with Crippen molar-refractivity contribution in [3.8, 4) is 0 Å². The average Bonchev–Trinajstić information content (AvgIpc) is 2.37. The molecule has 5 heteroatoms. The summed E-state index contributed by atoms with van der Waals surface area (Å²) in [7, 11) is 0. The van der Waals surface area contributed by atoms with Gasteiger partial charge in [0.15, 0.2) is 0 Å². The molecular weight excluding hydrogens is 270 g/mol. The number of hydrogen-bond donors (Lipinski definition) is 2. The summed E-state index contributed by atoms with van der Waals surface area (Å²) in [6.45, 7) is 5.31. The van der Waals surface area contributed by atoms with Crippen LogP contribution < -0.4 is 5.73 Å². The van der Waals surface area contributed by atoms with E-state index in [1.54, 1.807) is 20.8 Å². The first kappa shape index (κ1) is 17.2. The fraction of sp³-hybridized carbons (Fsp3) is 0.500. The van der Waals surface area contributed by atoms with Gasteiger partial charge >= 0.3 is 11.9 Å². The number of carboxylic acids is 1. The first-order valence-corrected chi connectivity index (χ1v) is 6.96. The van der Waals surface area contributed by atoms with E-state index in [0.29, 0.717) is 0 Å². The number of carbonyl (C=O) groups is 2. The van der Waals surface area contributed by atoms with Crippen molar-refractivity contribution < 1.29 is 19.4 Å². The SMILES string of the molecule is CC(C)(C)OC(=O)C(CCC(=O)O)C(N)c1ccccc1. The van der Waals surface area contributed by atoms with Crippen molar-refractivity contribution in [2.45, 2.75) is 45.3 Å². The Kier molecular flexibility index (Phi) is 5.90. The van der Waals surface area contributed by atoms with Gasteiger partial charge in [-0.3, -0.25) is 9.59 Å². The Morgan fingerprint density at radius 1 is 1.24 bits per heavy atom. The maximum absolute atomic E-state index is 12.3. The molecule has 0 amide bonds. The van der Waals surface area contributed by atoms with Crippen LogP contribution in [0.25, 0.3) is 0 Å². The Labute approximate surface area is 125 Å². The minimum Gasteiger partial charge on any atom is -0.481 e. The molecule has 0 aliphatic rings. The first-order chi connectivity index (χ1) is 9.70. The second kappa shape index (κ2) is 7.22. The molecule has 1 aromatic rings. The van der Waals surface area contributed by atoms with Gasteiger partial charge < -0.3 is 15.6 Å². The number of rotatable bonds is 6. The van der Waals surface area contributed by atoms with Crippen LogP contribution in [0.15, 0.2) is 30.3 Å². The van der Waals surface area contributed by atoms with Crippen LogP contribution >= 0.6 is 0 Å². The highest BCUT2D eigenvalue weighted by Crippen LogP contribution is 2.26. The van der Waals surface area contributed by atoms with Crippen molar-refractivity contribution in [1.82, 2.24) is 0 Å². The zero-order valence-electron chi connectivity index (χ0n) is 12.7. The largest absolute Gasteiger partial charge is 0.481 e. The van der Waals surface area contributed by atoms with Crippen molar-refractivity contribution in [2.75, 3.05) is 0 Å². The molecule has 5 nitrogen and oxygen atoms in total. The second-order valence-electron chi connectivity index (χ2n) is 6.01. The minimum absolute atomic E-state index is 0.121. The molecule has 2 unspecified atom stereocenters. The van der Waals surface area contributed by atoms with Gasteiger partial charge in [-0.1, -0.05) is 30.3 Å². The van der Waals surface area contributed by atoms with Crippen molar-refractivity contribution in [2.24, 2.45) is 11.7 Å². The van der Waals surface area contributed by atoms with Crippen LogP contribution in [0.2, 0.25) is 0 Å². The monoisotopic (exact) mass is 293 g/mol. The predicted molar refractivity (Wildman–Crippen MR) is 79.6 cm³/mol. The van der Waals surface area contributed by atoms with E-state index in [-0.39, 0.29) is 12.8 Å². The molecule has 0 saturated carbocycles. The van der Waals surface area contributed by atoms with Crippen molar-refractivity contribution in [3.05, 3.63) is 35.9 Å². The van der Waals surface area contributed by atoms with Crippen LogP contribution in [0, 0.1) is 5.92 Å². The quantitative estimate of drug-likeness (QED) is 0.787. The van der Waals surface area contributed by atoms with Gasteiger partial charge in [0.2, 0.25) is 0 Å². The summed E-state index contributed by atoms with van der Waals surface area (Å²) in [6.07, 6.45) is 0.0325. The van der Waals surface area contributed by atoms with Gasteiger partial charge in [-0.25, -0.2) is 0 Å². The third-order valence-corrected chi connectivity index (χ3v) is 3.00. The van der Waals surface area contributed by atoms with Crippen LogP contribution in [0.3, 0.4) is 0 Å². The van der Waals surface area contributed by atoms with Gasteiger partial charge in [0, 0.05) is 12.5 Å². The first-order valence-electron chi connectivity index (χ1n) is 6.96. The topological polar surface area (TPSA) is 89.6 Å². The number of nitrogens with two attached hydrogens (primary N) is 1. The summed E-state index contributed by atoms with van der Waals surface area (Å²) in [5.74, 6) is -2.09. The predicted octanol–water partition coefficient (Wildman–Crippen LogP) is 2.51. The van der Waals surface area contributed by atoms with Crippen molar-refractivity contribution >= 4 is 11.9 Å². The van der Waals surface area contributed by atoms with E-state index >= 15 is 0 Å². The molecule has 3 N–H and O–H groups in total. The zero-order chi connectivity index (χ0) is 16.0. The molecule has 0 bridgehead atoms. The van der Waals surface area contributed by atoms with Crippen molar-refractivity contribution in [1.29, 1.82) is 0 Å². The molecular formula is C16H23NO4. The lowest BCUT2D eigenvalue weighted by Crippen LogP contribution is -2.35. The van der Waals surface area contributed by atoms with E-state index in [0.717, 1.165) is 5.56 Å². The summed E-state index contributed by atoms with van der Waals surface area (Å²) in [5, 5.41) is 8.84. The summed E-state index contributed by atoms with van der Waals surface area (Å²) in [6, 6.07) is 8.58. The molecule has 0 saturated heterocycles. The molecule has 1 aromatic carbocycles. The van der Waals surface area contributed by atoms with Crippen LogP contribution in [0.5, 0.6) is 0 Å². The smallest absolute Gasteiger partial charge is 0.311 e. The van der Waals surface area contributed by atoms with E-state index in [1.807, 2.05) is 30.3 Å². The maximum Gasteiger partial charge on any atom is 0.311 e. The highest BCUT2D eigenvalue weighted by atomic mass is 16.6. The number of carbonyl (C=O) groups excluding carboxylic acids is 1. The molecule has 0 fully saturated rings. The Morgan fingerprint density at radius 3 is 2.29 bits per heavy atom. The summed E-state index contributed by atoms with van der Waals surface area (Å²) < 4.78 is 5.36. The van der Waals surface area contributed by atoms with Crippen LogP contribution in [0.4, 0.5) is 0 Å². The fourth-order valence-electron chi connectivity index (χ4n) is 2.01.